The van der Waals surface area contributed by atoms with Crippen molar-refractivity contribution in [3.8, 4) is 0 Å². The van der Waals surface area contributed by atoms with Crippen LogP contribution in [0.3, 0.4) is 0 Å². The van der Waals surface area contributed by atoms with E-state index in [0.29, 0.717) is 0 Å². The molecule has 0 amide bonds. The molecule has 0 aliphatic carbocycles. The van der Waals surface area contributed by atoms with Crippen molar-refractivity contribution < 1.29 is 0 Å². The lowest BCUT2D eigenvalue weighted by Crippen LogP contribution is -2.14. The summed E-state index contributed by atoms with van der Waals surface area (Å²) in [5, 5.41) is 4.26. The lowest BCUT2D eigenvalue weighted by atomic mass is 10.2. The minimum atomic E-state index is 0.808. The highest BCUT2D eigenvalue weighted by Gasteiger charge is 2.08. The second kappa shape index (κ2) is 7.92. The van der Waals surface area contributed by atoms with E-state index in [1.165, 1.54) is 10.5 Å². The molecule has 0 spiro atoms. The van der Waals surface area contributed by atoms with Gasteiger partial charge in [-0.15, -0.1) is 0 Å². The van der Waals surface area contributed by atoms with E-state index in [-0.39, 0.29) is 0 Å². The van der Waals surface area contributed by atoms with Gasteiger partial charge in [-0.3, -0.25) is 0 Å². The van der Waals surface area contributed by atoms with Gasteiger partial charge in [0.25, 0.3) is 0 Å². The predicted molar refractivity (Wildman–Crippen MR) is 91.8 cm³/mol. The zero-order valence-corrected chi connectivity index (χ0v) is 15.0. The van der Waals surface area contributed by atoms with Gasteiger partial charge in [-0.2, -0.15) is 0 Å². The first-order valence-electron chi connectivity index (χ1n) is 7.07. The van der Waals surface area contributed by atoms with Gasteiger partial charge < -0.3 is 5.32 Å². The van der Waals surface area contributed by atoms with Gasteiger partial charge in [0.2, 0.25) is 0 Å². The van der Waals surface area contributed by atoms with Crippen molar-refractivity contribution in [2.75, 3.05) is 6.54 Å². The zero-order valence-electron chi connectivity index (χ0n) is 12.6. The second-order valence-corrected chi connectivity index (χ2v) is 6.89. The van der Waals surface area contributed by atoms with E-state index < -0.39 is 0 Å². The largest absolute Gasteiger partial charge is 0.313 e. The van der Waals surface area contributed by atoms with E-state index >= 15 is 0 Å². The molecule has 2 aromatic rings. The van der Waals surface area contributed by atoms with Crippen LogP contribution in [0.25, 0.3) is 0 Å². The van der Waals surface area contributed by atoms with Crippen molar-refractivity contribution in [2.24, 2.45) is 0 Å². The molecule has 3 nitrogen and oxygen atoms in total. The Morgan fingerprint density at radius 1 is 1.14 bits per heavy atom. The fourth-order valence-electron chi connectivity index (χ4n) is 2.01. The third-order valence-corrected chi connectivity index (χ3v) is 4.39. The first kappa shape index (κ1) is 16.5. The van der Waals surface area contributed by atoms with Crippen molar-refractivity contribution in [3.05, 3.63) is 45.7 Å². The molecule has 5 heteroatoms. The Morgan fingerprint density at radius 3 is 2.52 bits per heavy atom. The molecule has 1 aromatic heterocycles. The van der Waals surface area contributed by atoms with Gasteiger partial charge in [0.1, 0.15) is 0 Å². The highest BCUT2D eigenvalue weighted by Crippen LogP contribution is 2.31. The molecule has 0 aliphatic heterocycles. The molecule has 1 N–H and O–H groups in total. The van der Waals surface area contributed by atoms with E-state index in [1.807, 2.05) is 19.9 Å². The molecule has 0 unspecified atom stereocenters. The lowest BCUT2D eigenvalue weighted by Gasteiger charge is -2.10. The van der Waals surface area contributed by atoms with Gasteiger partial charge in [0.15, 0.2) is 5.16 Å². The predicted octanol–water partition coefficient (Wildman–Crippen LogP) is 4.51. The quantitative estimate of drug-likeness (QED) is 0.603. The molecule has 2 rings (SSSR count). The van der Waals surface area contributed by atoms with Crippen LogP contribution in [0.5, 0.6) is 0 Å². The number of nitrogens with zero attached hydrogens (tertiary/aromatic N) is 2. The molecule has 1 heterocycles. The van der Waals surface area contributed by atoms with Gasteiger partial charge in [-0.25, -0.2) is 9.97 Å². The Morgan fingerprint density at radius 2 is 1.86 bits per heavy atom. The van der Waals surface area contributed by atoms with Crippen LogP contribution in [-0.4, -0.2) is 16.5 Å². The molecular formula is C16H20BrN3S. The average molecular weight is 366 g/mol. The monoisotopic (exact) mass is 365 g/mol. The molecular weight excluding hydrogens is 346 g/mol. The maximum absolute atomic E-state index is 4.51. The summed E-state index contributed by atoms with van der Waals surface area (Å²) in [6, 6.07) is 8.36. The summed E-state index contributed by atoms with van der Waals surface area (Å²) >= 11 is 5.17. The van der Waals surface area contributed by atoms with E-state index in [2.05, 4.69) is 56.3 Å². The molecule has 1 aromatic carbocycles. The average Bonchev–Trinajstić information content (AvgIpc) is 2.40. The maximum Gasteiger partial charge on any atom is 0.192 e. The van der Waals surface area contributed by atoms with Crippen LogP contribution < -0.4 is 5.32 Å². The van der Waals surface area contributed by atoms with Crippen LogP contribution in [0.4, 0.5) is 0 Å². The van der Waals surface area contributed by atoms with Crippen molar-refractivity contribution in [1.82, 2.24) is 15.3 Å². The molecule has 0 saturated carbocycles. The van der Waals surface area contributed by atoms with Crippen molar-refractivity contribution in [1.29, 1.82) is 0 Å². The Labute approximate surface area is 139 Å². The molecule has 0 saturated heterocycles. The summed E-state index contributed by atoms with van der Waals surface area (Å²) < 4.78 is 1.08. The highest BCUT2D eigenvalue weighted by atomic mass is 79.9. The summed E-state index contributed by atoms with van der Waals surface area (Å²) in [5.41, 5.74) is 3.29. The summed E-state index contributed by atoms with van der Waals surface area (Å²) in [6.07, 6.45) is 1.14. The Hall–Kier alpha value is -0.910. The fourth-order valence-corrected chi connectivity index (χ4v) is 3.55. The molecule has 0 atom stereocenters. The summed E-state index contributed by atoms with van der Waals surface area (Å²) in [7, 11) is 0. The number of aryl methyl sites for hydroxylation is 2. The molecule has 0 aliphatic rings. The van der Waals surface area contributed by atoms with E-state index in [0.717, 1.165) is 40.5 Å². The van der Waals surface area contributed by atoms with E-state index in [4.69, 9.17) is 0 Å². The summed E-state index contributed by atoms with van der Waals surface area (Å²) in [4.78, 5) is 10.2. The standard InChI is InChI=1S/C16H20BrN3S/c1-4-7-18-10-13-5-6-14(17)9-15(13)21-16-19-11(2)8-12(3)20-16/h5-6,8-9,18H,4,7,10H2,1-3H3. The van der Waals surface area contributed by atoms with Gasteiger partial charge in [0, 0.05) is 27.3 Å². The number of hydrogen-bond donors (Lipinski definition) is 1. The van der Waals surface area contributed by atoms with Gasteiger partial charge in [0.05, 0.1) is 0 Å². The topological polar surface area (TPSA) is 37.8 Å². The summed E-state index contributed by atoms with van der Waals surface area (Å²) in [5.74, 6) is 0. The van der Waals surface area contributed by atoms with Crippen molar-refractivity contribution >= 4 is 27.7 Å². The highest BCUT2D eigenvalue weighted by molar-refractivity contribution is 9.10. The third kappa shape index (κ3) is 5.09. The molecule has 0 bridgehead atoms. The zero-order chi connectivity index (χ0) is 15.2. The van der Waals surface area contributed by atoms with Crippen molar-refractivity contribution in [2.45, 2.75) is 43.8 Å². The SMILES string of the molecule is CCCNCc1ccc(Br)cc1Sc1nc(C)cc(C)n1. The number of rotatable bonds is 6. The molecule has 112 valence electrons. The number of hydrogen-bond acceptors (Lipinski definition) is 4. The van der Waals surface area contributed by atoms with Crippen molar-refractivity contribution in [3.63, 3.8) is 0 Å². The lowest BCUT2D eigenvalue weighted by molar-refractivity contribution is 0.669. The first-order chi connectivity index (χ1) is 10.1. The van der Waals surface area contributed by atoms with Crippen LogP contribution >= 0.6 is 27.7 Å². The van der Waals surface area contributed by atoms with Crippen LogP contribution in [0, 0.1) is 13.8 Å². The maximum atomic E-state index is 4.51. The second-order valence-electron chi connectivity index (χ2n) is 4.96. The van der Waals surface area contributed by atoms with E-state index in [9.17, 15) is 0 Å². The third-order valence-electron chi connectivity index (χ3n) is 2.93. The molecule has 0 radical (unpaired) electrons. The number of nitrogens with one attached hydrogen (secondary N) is 1. The van der Waals surface area contributed by atoms with Crippen LogP contribution in [0.15, 0.2) is 38.8 Å². The van der Waals surface area contributed by atoms with Gasteiger partial charge >= 0.3 is 0 Å². The van der Waals surface area contributed by atoms with Gasteiger partial charge in [-0.1, -0.05) is 28.9 Å². The number of benzene rings is 1. The fraction of sp³-hybridized carbons (Fsp3) is 0.375. The van der Waals surface area contributed by atoms with Crippen LogP contribution in [0.1, 0.15) is 30.3 Å². The normalized spacial score (nSPS) is 10.9. The van der Waals surface area contributed by atoms with Crippen LogP contribution in [-0.2, 0) is 6.54 Å². The Balaban J connectivity index is 2.22. The number of halogens is 1. The smallest absolute Gasteiger partial charge is 0.192 e. The minimum absolute atomic E-state index is 0.808. The molecule has 0 fully saturated rings. The first-order valence-corrected chi connectivity index (χ1v) is 8.68. The molecule has 21 heavy (non-hydrogen) atoms. The van der Waals surface area contributed by atoms with E-state index in [1.54, 1.807) is 11.8 Å². The Kier molecular flexibility index (Phi) is 6.21. The summed E-state index contributed by atoms with van der Waals surface area (Å²) in [6.45, 7) is 8.08. The number of aromatic nitrogens is 2. The van der Waals surface area contributed by atoms with Crippen LogP contribution in [0.2, 0.25) is 0 Å². The van der Waals surface area contributed by atoms with Gasteiger partial charge in [-0.05, 0) is 62.3 Å². The minimum Gasteiger partial charge on any atom is -0.313 e. The Bertz CT molecular complexity index is 596.